The van der Waals surface area contributed by atoms with E-state index in [4.69, 9.17) is 9.72 Å². The van der Waals surface area contributed by atoms with E-state index in [1.165, 1.54) is 48.4 Å². The second-order valence-corrected chi connectivity index (χ2v) is 7.98. The first-order valence-electron chi connectivity index (χ1n) is 10.6. The van der Waals surface area contributed by atoms with Crippen LogP contribution in [-0.4, -0.2) is 34.1 Å². The SMILES string of the molecule is Cc1ccc(C)c(OCCCCn2c(CN3CCCC3)nc3ccccc32)c1. The van der Waals surface area contributed by atoms with Crippen molar-refractivity contribution in [1.82, 2.24) is 14.5 Å². The number of hydrogen-bond acceptors (Lipinski definition) is 3. The second-order valence-electron chi connectivity index (χ2n) is 7.98. The van der Waals surface area contributed by atoms with Crippen LogP contribution in [0.4, 0.5) is 0 Å². The molecule has 0 atom stereocenters. The lowest BCUT2D eigenvalue weighted by Crippen LogP contribution is -2.21. The number of hydrogen-bond donors (Lipinski definition) is 0. The van der Waals surface area contributed by atoms with Crippen LogP contribution in [0.5, 0.6) is 5.75 Å². The molecular weight excluding hydrogens is 346 g/mol. The summed E-state index contributed by atoms with van der Waals surface area (Å²) >= 11 is 0. The molecule has 1 aliphatic heterocycles. The van der Waals surface area contributed by atoms with Crippen molar-refractivity contribution in [3.05, 3.63) is 59.4 Å². The normalized spacial score (nSPS) is 14.8. The minimum Gasteiger partial charge on any atom is -0.493 e. The minimum absolute atomic E-state index is 0.762. The van der Waals surface area contributed by atoms with Crippen molar-refractivity contribution in [2.24, 2.45) is 0 Å². The smallest absolute Gasteiger partial charge is 0.124 e. The van der Waals surface area contributed by atoms with Crippen LogP contribution in [0.25, 0.3) is 11.0 Å². The molecule has 1 fully saturated rings. The van der Waals surface area contributed by atoms with Crippen molar-refractivity contribution in [1.29, 1.82) is 0 Å². The van der Waals surface area contributed by atoms with E-state index in [0.29, 0.717) is 0 Å². The molecule has 2 aromatic carbocycles. The standard InChI is InChI=1S/C24H31N3O/c1-19-11-12-20(2)23(17-19)28-16-8-7-15-27-22-10-4-3-9-21(22)25-24(27)18-26-13-5-6-14-26/h3-4,9-12,17H,5-8,13-16,18H2,1-2H3. The zero-order valence-electron chi connectivity index (χ0n) is 17.2. The number of unbranched alkanes of at least 4 members (excludes halogenated alkanes) is 1. The molecular formula is C24H31N3O. The lowest BCUT2D eigenvalue weighted by molar-refractivity contribution is 0.297. The summed E-state index contributed by atoms with van der Waals surface area (Å²) in [6, 6.07) is 14.9. The summed E-state index contributed by atoms with van der Waals surface area (Å²) in [6.45, 7) is 9.35. The molecule has 1 aliphatic rings. The summed E-state index contributed by atoms with van der Waals surface area (Å²) in [4.78, 5) is 7.46. The predicted molar refractivity (Wildman–Crippen MR) is 115 cm³/mol. The number of para-hydroxylation sites is 2. The van der Waals surface area contributed by atoms with Crippen LogP contribution in [-0.2, 0) is 13.1 Å². The van der Waals surface area contributed by atoms with E-state index >= 15 is 0 Å². The monoisotopic (exact) mass is 377 g/mol. The highest BCUT2D eigenvalue weighted by Crippen LogP contribution is 2.21. The molecule has 2 heterocycles. The molecule has 0 radical (unpaired) electrons. The molecule has 1 saturated heterocycles. The average Bonchev–Trinajstić information content (AvgIpc) is 3.32. The number of imidazole rings is 1. The van der Waals surface area contributed by atoms with Gasteiger partial charge in [-0.15, -0.1) is 0 Å². The quantitative estimate of drug-likeness (QED) is 0.511. The van der Waals surface area contributed by atoms with Crippen LogP contribution in [0.3, 0.4) is 0 Å². The van der Waals surface area contributed by atoms with E-state index in [0.717, 1.165) is 43.8 Å². The van der Waals surface area contributed by atoms with Gasteiger partial charge in [0.2, 0.25) is 0 Å². The van der Waals surface area contributed by atoms with Crippen molar-refractivity contribution in [3.63, 3.8) is 0 Å². The van der Waals surface area contributed by atoms with Gasteiger partial charge in [-0.1, -0.05) is 24.3 Å². The molecule has 0 bridgehead atoms. The van der Waals surface area contributed by atoms with Gasteiger partial charge in [0.25, 0.3) is 0 Å². The first kappa shape index (κ1) is 19.0. The highest BCUT2D eigenvalue weighted by molar-refractivity contribution is 5.75. The van der Waals surface area contributed by atoms with Crippen LogP contribution in [0.15, 0.2) is 42.5 Å². The summed E-state index contributed by atoms with van der Waals surface area (Å²) in [5.74, 6) is 2.22. The Morgan fingerprint density at radius 1 is 1.00 bits per heavy atom. The van der Waals surface area contributed by atoms with Crippen LogP contribution >= 0.6 is 0 Å². The molecule has 0 amide bonds. The fraction of sp³-hybridized carbons (Fsp3) is 0.458. The van der Waals surface area contributed by atoms with Gasteiger partial charge in [-0.3, -0.25) is 4.90 Å². The molecule has 0 spiro atoms. The van der Waals surface area contributed by atoms with Gasteiger partial charge < -0.3 is 9.30 Å². The zero-order valence-corrected chi connectivity index (χ0v) is 17.2. The third kappa shape index (κ3) is 4.39. The molecule has 148 valence electrons. The van der Waals surface area contributed by atoms with E-state index in [1.54, 1.807) is 0 Å². The van der Waals surface area contributed by atoms with E-state index in [2.05, 4.69) is 65.8 Å². The largest absolute Gasteiger partial charge is 0.493 e. The van der Waals surface area contributed by atoms with Gasteiger partial charge in [-0.05, 0) is 81.9 Å². The van der Waals surface area contributed by atoms with E-state index in [1.807, 2.05) is 0 Å². The summed E-state index contributed by atoms with van der Waals surface area (Å²) in [6.07, 6.45) is 4.77. The fourth-order valence-electron chi connectivity index (χ4n) is 4.05. The number of fused-ring (bicyclic) bond motifs is 1. The Hall–Kier alpha value is -2.33. The Bertz CT molecular complexity index is 925. The van der Waals surface area contributed by atoms with Crippen molar-refractivity contribution < 1.29 is 4.74 Å². The third-order valence-corrected chi connectivity index (χ3v) is 5.67. The summed E-state index contributed by atoms with van der Waals surface area (Å²) in [5, 5.41) is 0. The van der Waals surface area contributed by atoms with Crippen LogP contribution in [0, 0.1) is 13.8 Å². The molecule has 3 aromatic rings. The van der Waals surface area contributed by atoms with Gasteiger partial charge in [0, 0.05) is 6.54 Å². The predicted octanol–water partition coefficient (Wildman–Crippen LogP) is 5.11. The third-order valence-electron chi connectivity index (χ3n) is 5.67. The molecule has 28 heavy (non-hydrogen) atoms. The summed E-state index contributed by atoms with van der Waals surface area (Å²) in [5.41, 5.74) is 4.83. The van der Waals surface area contributed by atoms with Crippen LogP contribution in [0.2, 0.25) is 0 Å². The first-order chi connectivity index (χ1) is 13.7. The number of rotatable bonds is 8. The number of aryl methyl sites for hydroxylation is 3. The Kier molecular flexibility index (Phi) is 5.96. The minimum atomic E-state index is 0.762. The number of aromatic nitrogens is 2. The lowest BCUT2D eigenvalue weighted by Gasteiger charge is -2.16. The number of likely N-dealkylation sites (tertiary alicyclic amines) is 1. The molecule has 4 rings (SSSR count). The summed E-state index contributed by atoms with van der Waals surface area (Å²) in [7, 11) is 0. The lowest BCUT2D eigenvalue weighted by atomic mass is 10.1. The van der Waals surface area contributed by atoms with Crippen LogP contribution in [0.1, 0.15) is 42.6 Å². The molecule has 1 aromatic heterocycles. The Morgan fingerprint density at radius 3 is 2.68 bits per heavy atom. The van der Waals surface area contributed by atoms with E-state index in [9.17, 15) is 0 Å². The fourth-order valence-corrected chi connectivity index (χ4v) is 4.05. The Balaban J connectivity index is 1.37. The zero-order chi connectivity index (χ0) is 19.3. The maximum Gasteiger partial charge on any atom is 0.124 e. The molecule has 0 saturated carbocycles. The van der Waals surface area contributed by atoms with Gasteiger partial charge in [0.15, 0.2) is 0 Å². The highest BCUT2D eigenvalue weighted by atomic mass is 16.5. The molecule has 0 N–H and O–H groups in total. The maximum atomic E-state index is 6.03. The molecule has 4 heteroatoms. The van der Waals surface area contributed by atoms with Crippen molar-refractivity contribution in [3.8, 4) is 5.75 Å². The van der Waals surface area contributed by atoms with Crippen LogP contribution < -0.4 is 4.74 Å². The van der Waals surface area contributed by atoms with Gasteiger partial charge in [-0.2, -0.15) is 0 Å². The van der Waals surface area contributed by atoms with E-state index in [-0.39, 0.29) is 0 Å². The first-order valence-corrected chi connectivity index (χ1v) is 10.6. The second kappa shape index (κ2) is 8.78. The number of nitrogens with zero attached hydrogens (tertiary/aromatic N) is 3. The molecule has 4 nitrogen and oxygen atoms in total. The summed E-state index contributed by atoms with van der Waals surface area (Å²) < 4.78 is 8.45. The van der Waals surface area contributed by atoms with Crippen molar-refractivity contribution in [2.75, 3.05) is 19.7 Å². The van der Waals surface area contributed by atoms with Gasteiger partial charge >= 0.3 is 0 Å². The topological polar surface area (TPSA) is 30.3 Å². The Morgan fingerprint density at radius 2 is 1.82 bits per heavy atom. The Labute approximate surface area is 168 Å². The van der Waals surface area contributed by atoms with E-state index < -0.39 is 0 Å². The number of ether oxygens (including phenoxy) is 1. The highest BCUT2D eigenvalue weighted by Gasteiger charge is 2.17. The van der Waals surface area contributed by atoms with Gasteiger partial charge in [0.1, 0.15) is 11.6 Å². The van der Waals surface area contributed by atoms with Crippen molar-refractivity contribution >= 4 is 11.0 Å². The number of benzene rings is 2. The molecule has 0 aliphatic carbocycles. The van der Waals surface area contributed by atoms with Crippen molar-refractivity contribution in [2.45, 2.75) is 52.6 Å². The van der Waals surface area contributed by atoms with Gasteiger partial charge in [-0.25, -0.2) is 4.98 Å². The van der Waals surface area contributed by atoms with Gasteiger partial charge in [0.05, 0.1) is 24.2 Å². The average molecular weight is 378 g/mol. The maximum absolute atomic E-state index is 6.03. The molecule has 0 unspecified atom stereocenters.